The van der Waals surface area contributed by atoms with E-state index in [1.54, 1.807) is 19.0 Å². The molecule has 1 N–H and O–H groups in total. The summed E-state index contributed by atoms with van der Waals surface area (Å²) in [4.78, 5) is 24.9. The zero-order valence-electron chi connectivity index (χ0n) is 9.80. The van der Waals surface area contributed by atoms with E-state index in [1.807, 2.05) is 0 Å². The van der Waals surface area contributed by atoms with Crippen LogP contribution in [0.4, 0.5) is 5.82 Å². The van der Waals surface area contributed by atoms with Gasteiger partial charge < -0.3 is 10.0 Å². The minimum Gasteiger partial charge on any atom is -0.396 e. The molecule has 0 amide bonds. The van der Waals surface area contributed by atoms with Gasteiger partial charge in [-0.1, -0.05) is 0 Å². The SMILES string of the molecule is CN(CCCO)c1cc(=O)n(C)c(=O)n1C. The second-order valence-electron chi connectivity index (χ2n) is 3.74. The lowest BCUT2D eigenvalue weighted by molar-refractivity contribution is 0.290. The third-order valence-corrected chi connectivity index (χ3v) is 2.54. The van der Waals surface area contributed by atoms with Crippen molar-refractivity contribution in [1.29, 1.82) is 0 Å². The fourth-order valence-electron chi connectivity index (χ4n) is 1.51. The van der Waals surface area contributed by atoms with E-state index in [4.69, 9.17) is 5.11 Å². The van der Waals surface area contributed by atoms with E-state index in [2.05, 4.69) is 0 Å². The molecule has 0 atom stereocenters. The van der Waals surface area contributed by atoms with Gasteiger partial charge in [-0.05, 0) is 6.42 Å². The molecule has 0 saturated heterocycles. The average molecular weight is 227 g/mol. The van der Waals surface area contributed by atoms with Crippen LogP contribution in [0.5, 0.6) is 0 Å². The van der Waals surface area contributed by atoms with Crippen LogP contribution >= 0.6 is 0 Å². The number of hydrogen-bond acceptors (Lipinski definition) is 4. The molecule has 1 heterocycles. The van der Waals surface area contributed by atoms with Gasteiger partial charge in [0.05, 0.1) is 0 Å². The maximum Gasteiger partial charge on any atom is 0.332 e. The Morgan fingerprint density at radius 3 is 2.50 bits per heavy atom. The first-order valence-corrected chi connectivity index (χ1v) is 5.08. The molecule has 0 aromatic carbocycles. The van der Waals surface area contributed by atoms with Crippen molar-refractivity contribution in [2.24, 2.45) is 14.1 Å². The molecule has 0 aliphatic carbocycles. The van der Waals surface area contributed by atoms with Gasteiger partial charge in [0.25, 0.3) is 5.56 Å². The third kappa shape index (κ3) is 2.33. The summed E-state index contributed by atoms with van der Waals surface area (Å²) >= 11 is 0. The number of anilines is 1. The Hall–Kier alpha value is -1.56. The molecule has 0 radical (unpaired) electrons. The molecule has 0 spiro atoms. The van der Waals surface area contributed by atoms with Crippen molar-refractivity contribution in [3.8, 4) is 0 Å². The number of rotatable bonds is 4. The molecule has 90 valence electrons. The van der Waals surface area contributed by atoms with Crippen molar-refractivity contribution in [1.82, 2.24) is 9.13 Å². The quantitative estimate of drug-likeness (QED) is 0.709. The summed E-state index contributed by atoms with van der Waals surface area (Å²) in [5, 5.41) is 8.72. The maximum absolute atomic E-state index is 11.6. The molecular formula is C10H17N3O3. The molecule has 0 aliphatic rings. The van der Waals surface area contributed by atoms with Crippen LogP contribution in [0.1, 0.15) is 6.42 Å². The largest absolute Gasteiger partial charge is 0.396 e. The normalized spacial score (nSPS) is 10.5. The van der Waals surface area contributed by atoms with E-state index < -0.39 is 0 Å². The topological polar surface area (TPSA) is 67.5 Å². The molecule has 1 aromatic rings. The molecule has 16 heavy (non-hydrogen) atoms. The highest BCUT2D eigenvalue weighted by Crippen LogP contribution is 2.05. The van der Waals surface area contributed by atoms with Gasteiger partial charge in [-0.3, -0.25) is 13.9 Å². The molecule has 0 bridgehead atoms. The van der Waals surface area contributed by atoms with Gasteiger partial charge in [-0.2, -0.15) is 0 Å². The van der Waals surface area contributed by atoms with Crippen LogP contribution in [-0.4, -0.2) is 34.4 Å². The van der Waals surface area contributed by atoms with Crippen LogP contribution in [-0.2, 0) is 14.1 Å². The van der Waals surface area contributed by atoms with Crippen LogP contribution < -0.4 is 16.1 Å². The molecule has 0 fully saturated rings. The van der Waals surface area contributed by atoms with Gasteiger partial charge in [-0.25, -0.2) is 4.79 Å². The van der Waals surface area contributed by atoms with E-state index in [0.29, 0.717) is 18.8 Å². The van der Waals surface area contributed by atoms with Gasteiger partial charge in [0, 0.05) is 40.4 Å². The Morgan fingerprint density at radius 2 is 1.94 bits per heavy atom. The van der Waals surface area contributed by atoms with Crippen LogP contribution in [0.3, 0.4) is 0 Å². The fourth-order valence-corrected chi connectivity index (χ4v) is 1.51. The van der Waals surface area contributed by atoms with Crippen molar-refractivity contribution >= 4 is 5.82 Å². The highest BCUT2D eigenvalue weighted by atomic mass is 16.3. The van der Waals surface area contributed by atoms with E-state index in [1.165, 1.54) is 17.7 Å². The van der Waals surface area contributed by atoms with E-state index in [9.17, 15) is 9.59 Å². The van der Waals surface area contributed by atoms with Gasteiger partial charge >= 0.3 is 5.69 Å². The van der Waals surface area contributed by atoms with Crippen LogP contribution in [0, 0.1) is 0 Å². The lowest BCUT2D eigenvalue weighted by Gasteiger charge is -2.21. The highest BCUT2D eigenvalue weighted by molar-refractivity contribution is 5.36. The molecule has 0 aliphatic heterocycles. The van der Waals surface area contributed by atoms with E-state index in [0.717, 1.165) is 4.57 Å². The molecule has 1 rings (SSSR count). The minimum atomic E-state index is -0.349. The Morgan fingerprint density at radius 1 is 1.31 bits per heavy atom. The summed E-state index contributed by atoms with van der Waals surface area (Å²) in [7, 11) is 4.85. The Balaban J connectivity index is 3.15. The summed E-state index contributed by atoms with van der Waals surface area (Å²) in [5.41, 5.74) is -0.674. The van der Waals surface area contributed by atoms with Crippen molar-refractivity contribution < 1.29 is 5.11 Å². The lowest BCUT2D eigenvalue weighted by Crippen LogP contribution is -2.39. The summed E-state index contributed by atoms with van der Waals surface area (Å²) in [6.45, 7) is 0.681. The Labute approximate surface area is 93.4 Å². The first-order chi connectivity index (χ1) is 7.49. The predicted molar refractivity (Wildman–Crippen MR) is 61.9 cm³/mol. The van der Waals surface area contributed by atoms with Crippen molar-refractivity contribution in [3.63, 3.8) is 0 Å². The zero-order valence-corrected chi connectivity index (χ0v) is 9.80. The number of nitrogens with zero attached hydrogens (tertiary/aromatic N) is 3. The number of aromatic nitrogens is 2. The monoisotopic (exact) mass is 227 g/mol. The smallest absolute Gasteiger partial charge is 0.332 e. The summed E-state index contributed by atoms with van der Waals surface area (Å²) in [6, 6.07) is 1.42. The Bertz CT molecular complexity index is 475. The van der Waals surface area contributed by atoms with Gasteiger partial charge in [0.15, 0.2) is 0 Å². The lowest BCUT2D eigenvalue weighted by atomic mass is 10.4. The van der Waals surface area contributed by atoms with Gasteiger partial charge in [0.1, 0.15) is 5.82 Å². The second kappa shape index (κ2) is 4.98. The standard InChI is InChI=1S/C10H17N3O3/c1-11(5-4-6-14)8-7-9(15)13(3)10(16)12(8)2/h7,14H,4-6H2,1-3H3. The molecule has 0 saturated carbocycles. The zero-order chi connectivity index (χ0) is 12.3. The number of aliphatic hydroxyl groups excluding tert-OH is 1. The summed E-state index contributed by atoms with van der Waals surface area (Å²) < 4.78 is 2.47. The fraction of sp³-hybridized carbons (Fsp3) is 0.600. The predicted octanol–water partition coefficient (Wildman–Crippen LogP) is -1.10. The van der Waals surface area contributed by atoms with Gasteiger partial charge in [-0.15, -0.1) is 0 Å². The highest BCUT2D eigenvalue weighted by Gasteiger charge is 2.09. The second-order valence-corrected chi connectivity index (χ2v) is 3.74. The molecule has 1 aromatic heterocycles. The first kappa shape index (κ1) is 12.5. The Kier molecular flexibility index (Phi) is 3.89. The van der Waals surface area contributed by atoms with E-state index in [-0.39, 0.29) is 17.9 Å². The molecular weight excluding hydrogens is 210 g/mol. The molecule has 6 nitrogen and oxygen atoms in total. The van der Waals surface area contributed by atoms with Crippen LogP contribution in [0.2, 0.25) is 0 Å². The number of aliphatic hydroxyl groups is 1. The minimum absolute atomic E-state index is 0.0864. The molecule has 6 heteroatoms. The van der Waals surface area contributed by atoms with E-state index >= 15 is 0 Å². The third-order valence-electron chi connectivity index (χ3n) is 2.54. The van der Waals surface area contributed by atoms with Crippen molar-refractivity contribution in [2.45, 2.75) is 6.42 Å². The first-order valence-electron chi connectivity index (χ1n) is 5.08. The van der Waals surface area contributed by atoms with Crippen LogP contribution in [0.15, 0.2) is 15.7 Å². The van der Waals surface area contributed by atoms with Crippen molar-refractivity contribution in [3.05, 3.63) is 26.9 Å². The average Bonchev–Trinajstić information content (AvgIpc) is 2.28. The molecule has 0 unspecified atom stereocenters. The van der Waals surface area contributed by atoms with Crippen molar-refractivity contribution in [2.75, 3.05) is 25.1 Å². The van der Waals surface area contributed by atoms with Gasteiger partial charge in [0.2, 0.25) is 0 Å². The summed E-state index contributed by atoms with van der Waals surface area (Å²) in [5.74, 6) is 0.557. The van der Waals surface area contributed by atoms with Crippen LogP contribution in [0.25, 0.3) is 0 Å². The number of hydrogen-bond donors (Lipinski definition) is 1. The summed E-state index contributed by atoms with van der Waals surface area (Å²) in [6.07, 6.45) is 0.597. The maximum atomic E-state index is 11.6.